The molecule has 3 saturated heterocycles. The van der Waals surface area contributed by atoms with Crippen molar-refractivity contribution in [3.63, 3.8) is 0 Å². The largest absolute Gasteiger partial charge is 0.394 e. The number of aliphatic hydroxyl groups is 9. The number of hydrogen-bond donors (Lipinski definition) is 20. The molecule has 3 aliphatic rings. The number of rotatable bonds is 67. The van der Waals surface area contributed by atoms with Crippen LogP contribution in [0.2, 0.25) is 0 Å². The molecule has 43 heteroatoms. The van der Waals surface area contributed by atoms with Crippen LogP contribution in [-0.4, -0.2) is 340 Å². The molecule has 43 nitrogen and oxygen atoms in total. The summed E-state index contributed by atoms with van der Waals surface area (Å²) < 4.78 is 52.2. The lowest BCUT2D eigenvalue weighted by atomic mass is 9.97. The van der Waals surface area contributed by atoms with Crippen LogP contribution >= 0.6 is 0 Å². The van der Waals surface area contributed by atoms with Gasteiger partial charge in [-0.3, -0.25) is 52.7 Å². The molecular weight excluding hydrogens is 1570 g/mol. The number of azide groups is 1. The van der Waals surface area contributed by atoms with Crippen molar-refractivity contribution in [3.8, 4) is 0 Å². The summed E-state index contributed by atoms with van der Waals surface area (Å²) in [6, 6.07) is -3.30. The first kappa shape index (κ1) is 106. The maximum Gasteiger partial charge on any atom is 0.222 e. The highest BCUT2D eigenvalue weighted by atomic mass is 16.7. The zero-order valence-corrected chi connectivity index (χ0v) is 69.2. The molecule has 3 heterocycles. The van der Waals surface area contributed by atoms with Crippen molar-refractivity contribution in [1.29, 1.82) is 0 Å². The van der Waals surface area contributed by atoms with E-state index in [2.05, 4.69) is 68.5 Å². The Morgan fingerprint density at radius 2 is 0.588 bits per heavy atom. The lowest BCUT2D eigenvalue weighted by Crippen LogP contribution is -2.64. The highest BCUT2D eigenvalue weighted by molar-refractivity contribution is 5.79. The maximum absolute atomic E-state index is 14.0. The van der Waals surface area contributed by atoms with Gasteiger partial charge in [0.1, 0.15) is 78.6 Å². The molecule has 0 aromatic rings. The van der Waals surface area contributed by atoms with Crippen LogP contribution < -0.4 is 58.5 Å². The number of carbonyl (C=O) groups excluding carboxylic acids is 11. The van der Waals surface area contributed by atoms with Gasteiger partial charge in [-0.25, -0.2) is 0 Å². The molecule has 0 bridgehead atoms. The molecule has 119 heavy (non-hydrogen) atoms. The van der Waals surface area contributed by atoms with E-state index in [-0.39, 0.29) is 191 Å². The first-order valence-electron chi connectivity index (χ1n) is 41.6. The monoisotopic (exact) mass is 1710 g/mol. The third kappa shape index (κ3) is 46.6. The van der Waals surface area contributed by atoms with E-state index in [0.717, 1.165) is 44.9 Å². The van der Waals surface area contributed by atoms with Gasteiger partial charge in [0.25, 0.3) is 0 Å². The van der Waals surface area contributed by atoms with E-state index < -0.39 is 135 Å². The lowest BCUT2D eigenvalue weighted by molar-refractivity contribution is -0.270. The van der Waals surface area contributed by atoms with Crippen LogP contribution in [0.4, 0.5) is 0 Å². The third-order valence-corrected chi connectivity index (χ3v) is 19.3. The van der Waals surface area contributed by atoms with Crippen LogP contribution in [0.15, 0.2) is 5.11 Å². The number of aliphatic hydroxyl groups excluding tert-OH is 9. The van der Waals surface area contributed by atoms with Gasteiger partial charge in [-0.05, 0) is 82.6 Å². The molecule has 3 fully saturated rings. The second kappa shape index (κ2) is 63.7. The summed E-state index contributed by atoms with van der Waals surface area (Å²) in [4.78, 5) is 141. The SMILES string of the molecule is CC(=O)NC1C(OCCCCC(=O)NCCCNC(=O)CCOCC(COCCC(=O)NCCCNC(=O)CCCCOC2OC(CO)C(O)C(O)C2NC(C)=O)(COCCC(=O)NCCCNC(=O)CCCCOC2OC(CO)C(O)C(O)C2NC(C)=O)NC(=O)CCCCCCCCCCC(=O)NCCCN=[N+]=[N-])OC(CO)C(O)C1O. The van der Waals surface area contributed by atoms with Crippen molar-refractivity contribution < 1.29 is 141 Å². The Labute approximate surface area is 694 Å². The summed E-state index contributed by atoms with van der Waals surface area (Å²) in [6.45, 7) is 3.04. The fraction of sp³-hybridized carbons (Fsp3) is 0.855. The molecule has 3 aliphatic heterocycles. The molecule has 3 rings (SSSR count). The van der Waals surface area contributed by atoms with Gasteiger partial charge in [0, 0.05) is 149 Å². The van der Waals surface area contributed by atoms with Crippen molar-refractivity contribution in [3.05, 3.63) is 10.4 Å². The van der Waals surface area contributed by atoms with Gasteiger partial charge >= 0.3 is 0 Å². The standard InChI is InChI=1S/C76H136N14O29/c1-50(94)86-64-70(108)67(105)53(44-91)117-73(64)114-38-15-12-23-57(98)78-30-18-33-82-60(101)27-41-111-47-76(89-63(104)26-11-9-7-5-4-6-8-10-22-56(97)81-36-21-37-85-90-77,48-112-42-28-61(102)83-34-19-31-79-58(99)24-13-16-39-115-74-65(87-51(2)95)71(109)68(106)54(45-92)118-74)49-113-43-29-62(103)84-35-20-32-80-59(100)25-14-17-40-116-75-66(88-52(3)96)72(110)69(107)55(46-93)119-75/h53-55,64-75,91-93,105-110H,4-49H2,1-3H3,(H,78,98)(H,79,99)(H,80,100)(H,81,97)(H,82,101)(H,83,102)(H,84,103)(H,86,94)(H,87,95)(H,88,96)(H,89,104). The van der Waals surface area contributed by atoms with Crippen LogP contribution in [0.25, 0.3) is 10.4 Å². The molecule has 0 aliphatic carbocycles. The van der Waals surface area contributed by atoms with E-state index in [9.17, 15) is 98.7 Å². The Bertz CT molecular complexity index is 2740. The smallest absolute Gasteiger partial charge is 0.222 e. The van der Waals surface area contributed by atoms with Crippen molar-refractivity contribution in [2.75, 3.05) is 132 Å². The van der Waals surface area contributed by atoms with E-state index in [1.54, 1.807) is 0 Å². The predicted octanol–water partition coefficient (Wildman–Crippen LogP) is -3.96. The number of nitrogens with zero attached hydrogens (tertiary/aromatic N) is 3. The predicted molar refractivity (Wildman–Crippen MR) is 422 cm³/mol. The van der Waals surface area contributed by atoms with Crippen molar-refractivity contribution >= 4 is 65.0 Å². The highest BCUT2D eigenvalue weighted by Crippen LogP contribution is 2.26. The molecule has 15 atom stereocenters. The summed E-state index contributed by atoms with van der Waals surface area (Å²) in [7, 11) is 0. The van der Waals surface area contributed by atoms with E-state index in [1.807, 2.05) is 0 Å². The van der Waals surface area contributed by atoms with Gasteiger partial charge < -0.3 is 147 Å². The van der Waals surface area contributed by atoms with E-state index in [0.29, 0.717) is 90.1 Å². The summed E-state index contributed by atoms with van der Waals surface area (Å²) in [5.41, 5.74) is 7.00. The molecular formula is C76H136N14O29. The van der Waals surface area contributed by atoms with Gasteiger partial charge in [0.15, 0.2) is 18.9 Å². The highest BCUT2D eigenvalue weighted by Gasteiger charge is 2.48. The van der Waals surface area contributed by atoms with E-state index in [1.165, 1.54) is 20.8 Å². The first-order valence-corrected chi connectivity index (χ1v) is 41.6. The van der Waals surface area contributed by atoms with Gasteiger partial charge in [-0.2, -0.15) is 0 Å². The minimum absolute atomic E-state index is 0.0522. The van der Waals surface area contributed by atoms with Gasteiger partial charge in [-0.15, -0.1) is 0 Å². The van der Waals surface area contributed by atoms with Gasteiger partial charge in [-0.1, -0.05) is 43.6 Å². The number of unbranched alkanes of at least 4 members (excludes halogenated alkanes) is 10. The molecule has 684 valence electrons. The van der Waals surface area contributed by atoms with Crippen molar-refractivity contribution in [2.45, 2.75) is 285 Å². The van der Waals surface area contributed by atoms with Crippen LogP contribution in [0.1, 0.15) is 188 Å². The summed E-state index contributed by atoms with van der Waals surface area (Å²) in [6.07, 6.45) is -4.53. The minimum atomic E-state index is -1.46. The van der Waals surface area contributed by atoms with E-state index >= 15 is 0 Å². The van der Waals surface area contributed by atoms with Crippen molar-refractivity contribution in [2.24, 2.45) is 5.11 Å². The Balaban J connectivity index is 1.58. The average Bonchev–Trinajstić information content (AvgIpc) is 0.817. The second-order valence-corrected chi connectivity index (χ2v) is 29.7. The van der Waals surface area contributed by atoms with E-state index in [4.69, 9.17) is 48.2 Å². The molecule has 15 unspecified atom stereocenters. The summed E-state index contributed by atoms with van der Waals surface area (Å²) in [5, 5.41) is 125. The Kier molecular flexibility index (Phi) is 56.7. The number of amides is 11. The van der Waals surface area contributed by atoms with Gasteiger partial charge in [0.05, 0.1) is 59.5 Å². The number of carbonyl (C=O) groups is 11. The Morgan fingerprint density at radius 1 is 0.336 bits per heavy atom. The quantitative estimate of drug-likeness (QED) is 0.0120. The van der Waals surface area contributed by atoms with Crippen LogP contribution in [0, 0.1) is 0 Å². The molecule has 11 amide bonds. The summed E-state index contributed by atoms with van der Waals surface area (Å²) >= 11 is 0. The maximum atomic E-state index is 14.0. The minimum Gasteiger partial charge on any atom is -0.394 e. The Morgan fingerprint density at radius 3 is 0.857 bits per heavy atom. The zero-order chi connectivity index (χ0) is 87.6. The number of hydrogen-bond acceptors (Lipinski definition) is 30. The van der Waals surface area contributed by atoms with Crippen LogP contribution in [-0.2, 0) is 95.4 Å². The van der Waals surface area contributed by atoms with Crippen molar-refractivity contribution in [1.82, 2.24) is 58.5 Å². The Hall–Kier alpha value is -7.24. The molecule has 0 spiro atoms. The lowest BCUT2D eigenvalue weighted by Gasteiger charge is -2.42. The van der Waals surface area contributed by atoms with Crippen LogP contribution in [0.3, 0.4) is 0 Å². The molecule has 0 aromatic carbocycles. The molecule has 0 saturated carbocycles. The number of ether oxygens (including phenoxy) is 9. The molecule has 0 aromatic heterocycles. The number of nitrogens with one attached hydrogen (secondary N) is 11. The van der Waals surface area contributed by atoms with Crippen LogP contribution in [0.5, 0.6) is 0 Å². The topological polar surface area (TPSA) is 634 Å². The molecule has 20 N–H and O–H groups in total. The second-order valence-electron chi connectivity index (χ2n) is 29.7. The fourth-order valence-electron chi connectivity index (χ4n) is 12.8. The fourth-order valence-corrected chi connectivity index (χ4v) is 12.8. The average molecular weight is 1710 g/mol. The third-order valence-electron chi connectivity index (χ3n) is 19.3. The molecule has 0 radical (unpaired) electrons. The van der Waals surface area contributed by atoms with Gasteiger partial charge in [0.2, 0.25) is 65.0 Å². The zero-order valence-electron chi connectivity index (χ0n) is 69.2. The first-order chi connectivity index (χ1) is 57.2. The summed E-state index contributed by atoms with van der Waals surface area (Å²) in [5.74, 6) is -3.81. The normalized spacial score (nSPS) is 23.3.